The van der Waals surface area contributed by atoms with Gasteiger partial charge in [-0.15, -0.1) is 0 Å². The summed E-state index contributed by atoms with van der Waals surface area (Å²) in [7, 11) is 0. The molecule has 0 saturated carbocycles. The molecule has 0 atom stereocenters. The average molecular weight is 250 g/mol. The number of fused-ring (bicyclic) bond motifs is 4. The summed E-state index contributed by atoms with van der Waals surface area (Å²) in [6.45, 7) is 0. The Bertz CT molecular complexity index is 912. The number of rotatable bonds is 0. The molecule has 1 aliphatic rings. The van der Waals surface area contributed by atoms with Crippen LogP contribution in [-0.2, 0) is 0 Å². The first-order valence-corrected chi connectivity index (χ1v) is 5.86. The van der Waals surface area contributed by atoms with E-state index in [0.717, 1.165) is 4.54 Å². The van der Waals surface area contributed by atoms with Crippen LogP contribution in [0.4, 0.5) is 0 Å². The van der Waals surface area contributed by atoms with Gasteiger partial charge in [-0.3, -0.25) is 4.79 Å². The number of aromatic nitrogens is 3. The monoisotopic (exact) mass is 250 g/mol. The number of ketones is 1. The Morgan fingerprint density at radius 1 is 1.00 bits per heavy atom. The topological polar surface area (TPSA) is 57.9 Å². The first-order chi connectivity index (χ1) is 9.27. The van der Waals surface area contributed by atoms with E-state index >= 15 is 0 Å². The van der Waals surface area contributed by atoms with Gasteiger partial charge in [-0.05, 0) is 22.9 Å². The summed E-state index contributed by atoms with van der Waals surface area (Å²) < 4.78 is 2.04. The van der Waals surface area contributed by atoms with Crippen LogP contribution in [0.25, 0.3) is 16.7 Å². The van der Waals surface area contributed by atoms with E-state index in [1.807, 2.05) is 0 Å². The lowest BCUT2D eigenvalue weighted by Crippen LogP contribution is -2.32. The minimum absolute atomic E-state index is 0.162. The van der Waals surface area contributed by atoms with E-state index < -0.39 is 0 Å². The third-order valence-electron chi connectivity index (χ3n) is 3.28. The van der Waals surface area contributed by atoms with Crippen LogP contribution in [0, 0.1) is 4.91 Å². The van der Waals surface area contributed by atoms with Crippen molar-refractivity contribution in [2.45, 2.75) is 0 Å². The van der Waals surface area contributed by atoms with Gasteiger partial charge in [0.25, 0.3) is 0 Å². The van der Waals surface area contributed by atoms with E-state index in [1.54, 1.807) is 48.5 Å². The summed E-state index contributed by atoms with van der Waals surface area (Å²) in [5.41, 5.74) is 2.05. The van der Waals surface area contributed by atoms with Crippen LogP contribution in [0.1, 0.15) is 16.2 Å². The molecule has 19 heavy (non-hydrogen) atoms. The maximum Gasteiger partial charge on any atom is 0.318 e. The van der Waals surface area contributed by atoms with Crippen molar-refractivity contribution < 1.29 is 9.34 Å². The first kappa shape index (κ1) is 10.1. The van der Waals surface area contributed by atoms with Gasteiger partial charge >= 0.3 is 5.52 Å². The van der Waals surface area contributed by atoms with Gasteiger partial charge in [0.05, 0.1) is 10.5 Å². The zero-order valence-corrected chi connectivity index (χ0v) is 9.78. The fraction of sp³-hybridized carbons (Fsp3) is 0. The van der Waals surface area contributed by atoms with Gasteiger partial charge in [-0.2, -0.15) is 0 Å². The van der Waals surface area contributed by atoms with E-state index in [-0.39, 0.29) is 11.6 Å². The summed E-state index contributed by atoms with van der Waals surface area (Å²) in [6.07, 6.45) is 0. The maximum atomic E-state index is 12.4. The number of hydrogen-bond donors (Lipinski definition) is 0. The van der Waals surface area contributed by atoms with E-state index in [4.69, 9.17) is 0 Å². The summed E-state index contributed by atoms with van der Waals surface area (Å²) in [5.74, 6) is -0.0548. The van der Waals surface area contributed by atoms with E-state index in [9.17, 15) is 9.70 Å². The zero-order valence-electron chi connectivity index (χ0n) is 9.78. The lowest BCUT2D eigenvalue weighted by molar-refractivity contribution is -0.559. The molecule has 5 heteroatoms. The predicted octanol–water partition coefficient (Wildman–Crippen LogP) is 1.48. The van der Waals surface area contributed by atoms with E-state index in [1.165, 1.54) is 4.68 Å². The molecule has 3 aromatic rings. The lowest BCUT2D eigenvalue weighted by atomic mass is 10.1. The molecule has 0 spiro atoms. The second-order valence-electron chi connectivity index (χ2n) is 4.36. The molecule has 0 amide bonds. The highest BCUT2D eigenvalue weighted by Crippen LogP contribution is 2.24. The van der Waals surface area contributed by atoms with Crippen molar-refractivity contribution in [2.75, 3.05) is 0 Å². The van der Waals surface area contributed by atoms with E-state index in [0.29, 0.717) is 22.3 Å². The van der Waals surface area contributed by atoms with E-state index in [2.05, 4.69) is 4.98 Å². The van der Waals surface area contributed by atoms with Crippen molar-refractivity contribution >= 4 is 16.8 Å². The molecule has 0 bridgehead atoms. The second-order valence-corrected chi connectivity index (χ2v) is 4.36. The van der Waals surface area contributed by atoms with Crippen LogP contribution >= 0.6 is 0 Å². The molecule has 0 unspecified atom stereocenters. The highest BCUT2D eigenvalue weighted by molar-refractivity contribution is 6.12. The largest absolute Gasteiger partial charge is 0.318 e. The minimum atomic E-state index is -0.217. The van der Waals surface area contributed by atoms with Crippen molar-refractivity contribution in [3.8, 4) is 5.69 Å². The Morgan fingerprint density at radius 2 is 1.74 bits per heavy atom. The Kier molecular flexibility index (Phi) is 1.79. The first-order valence-electron chi connectivity index (χ1n) is 5.86. The number of hydrogen-bond acceptors (Lipinski definition) is 3. The Balaban J connectivity index is 2.24. The van der Waals surface area contributed by atoms with Crippen LogP contribution in [0.5, 0.6) is 0 Å². The SMILES string of the molecule is O=C1c2ccccc2-n2c1nc1ccccc1[n+]2=O. The van der Waals surface area contributed by atoms with Crippen LogP contribution in [-0.4, -0.2) is 15.4 Å². The highest BCUT2D eigenvalue weighted by Gasteiger charge is 2.35. The molecule has 5 nitrogen and oxygen atoms in total. The van der Waals surface area contributed by atoms with Gasteiger partial charge in [0.2, 0.25) is 11.6 Å². The van der Waals surface area contributed by atoms with Gasteiger partial charge in [0.1, 0.15) is 11.2 Å². The summed E-state index contributed by atoms with van der Waals surface area (Å²) in [4.78, 5) is 29.0. The van der Waals surface area contributed by atoms with Crippen molar-refractivity contribution in [3.63, 3.8) is 0 Å². The maximum absolute atomic E-state index is 12.4. The van der Waals surface area contributed by atoms with Crippen molar-refractivity contribution in [3.05, 3.63) is 64.8 Å². The molecular formula is C14H8N3O2+. The molecule has 2 aromatic carbocycles. The summed E-state index contributed by atoms with van der Waals surface area (Å²) >= 11 is 0. The standard InChI is InChI=1S/C14H8N3O2/c18-13-9-5-1-3-7-11(9)16-14(13)15-10-6-2-4-8-12(10)17(16)19/h1-8H/q+1. The molecule has 0 saturated heterocycles. The van der Waals surface area contributed by atoms with Crippen molar-refractivity contribution in [2.24, 2.45) is 0 Å². The Labute approximate surface area is 107 Å². The number of benzene rings is 2. The predicted molar refractivity (Wildman–Crippen MR) is 67.9 cm³/mol. The third-order valence-corrected chi connectivity index (χ3v) is 3.28. The Hall–Kier alpha value is -2.82. The number of para-hydroxylation sites is 3. The van der Waals surface area contributed by atoms with Crippen LogP contribution in [0.15, 0.2) is 48.5 Å². The minimum Gasteiger partial charge on any atom is -0.285 e. The second kappa shape index (κ2) is 3.35. The molecule has 1 aromatic heterocycles. The fourth-order valence-electron chi connectivity index (χ4n) is 2.41. The molecule has 0 fully saturated rings. The van der Waals surface area contributed by atoms with Crippen LogP contribution < -0.4 is 4.54 Å². The summed E-state index contributed by atoms with van der Waals surface area (Å²) in [6, 6.07) is 14.0. The Morgan fingerprint density at radius 3 is 2.63 bits per heavy atom. The summed E-state index contributed by atoms with van der Waals surface area (Å²) in [5, 5.41) is 0. The highest BCUT2D eigenvalue weighted by atomic mass is 16.3. The van der Waals surface area contributed by atoms with Crippen molar-refractivity contribution in [1.82, 2.24) is 9.67 Å². The fourth-order valence-corrected chi connectivity index (χ4v) is 2.41. The van der Waals surface area contributed by atoms with Gasteiger partial charge < -0.3 is 0 Å². The van der Waals surface area contributed by atoms with Gasteiger partial charge in [0, 0.05) is 6.07 Å². The number of nitrogens with zero attached hydrogens (tertiary/aromatic N) is 3. The van der Waals surface area contributed by atoms with Crippen LogP contribution in [0.2, 0.25) is 0 Å². The smallest absolute Gasteiger partial charge is 0.285 e. The average Bonchev–Trinajstić information content (AvgIpc) is 2.74. The lowest BCUT2D eigenvalue weighted by Gasteiger charge is -1.96. The number of carbonyl (C=O) groups is 1. The third kappa shape index (κ3) is 1.18. The van der Waals surface area contributed by atoms with Crippen LogP contribution in [0.3, 0.4) is 0 Å². The molecule has 0 aliphatic carbocycles. The quantitative estimate of drug-likeness (QED) is 0.444. The molecule has 4 rings (SSSR count). The van der Waals surface area contributed by atoms with Gasteiger partial charge in [0.15, 0.2) is 4.54 Å². The number of carbonyl (C=O) groups excluding carboxylic acids is 1. The molecule has 1 aliphatic heterocycles. The molecular weight excluding hydrogens is 242 g/mol. The zero-order chi connectivity index (χ0) is 13.0. The molecule has 90 valence electrons. The van der Waals surface area contributed by atoms with Gasteiger partial charge in [-0.25, -0.2) is 4.98 Å². The normalized spacial score (nSPS) is 12.5. The molecule has 0 N–H and O–H groups in total. The molecule has 2 heterocycles. The van der Waals surface area contributed by atoms with Gasteiger partial charge in [-0.1, -0.05) is 24.3 Å². The molecule has 0 radical (unpaired) electrons. The van der Waals surface area contributed by atoms with Crippen molar-refractivity contribution in [1.29, 1.82) is 0 Å².